The highest BCUT2D eigenvalue weighted by Gasteiger charge is 2.22. The summed E-state index contributed by atoms with van der Waals surface area (Å²) in [5, 5.41) is 6.92. The Kier molecular flexibility index (Phi) is 6.56. The lowest BCUT2D eigenvalue weighted by Crippen LogP contribution is -2.00. The highest BCUT2D eigenvalue weighted by Crippen LogP contribution is 2.44. The maximum absolute atomic E-state index is 6.52. The molecule has 0 saturated carbocycles. The van der Waals surface area contributed by atoms with Crippen LogP contribution < -0.4 is 0 Å². The fourth-order valence-corrected chi connectivity index (χ4v) is 8.59. The SMILES string of the molecule is c1ccc(-c2ccc(-c3nc(-c4cccc(-c5ccccc5)c4)nc(-c4ccc5c(c4)c4cccc6oc7ccc8c9ccccc9n5c8c7c64)n3)cc2)cc1. The van der Waals surface area contributed by atoms with Gasteiger partial charge in [-0.25, -0.2) is 15.0 Å². The van der Waals surface area contributed by atoms with Gasteiger partial charge in [-0.3, -0.25) is 0 Å². The number of nitrogens with zero attached hydrogens (tertiary/aromatic N) is 4. The normalized spacial score (nSPS) is 11.9. The lowest BCUT2D eigenvalue weighted by Gasteiger charge is -2.11. The van der Waals surface area contributed by atoms with Crippen LogP contribution in [0.25, 0.3) is 116 Å². The summed E-state index contributed by atoms with van der Waals surface area (Å²) in [5.74, 6) is 1.85. The Morgan fingerprint density at radius 1 is 0.321 bits per heavy atom. The van der Waals surface area contributed by atoms with Crippen LogP contribution in [0.15, 0.2) is 186 Å². The number of benzene rings is 8. The van der Waals surface area contributed by atoms with Crippen molar-refractivity contribution < 1.29 is 4.42 Å². The molecule has 4 heterocycles. The quantitative estimate of drug-likeness (QED) is 0.178. The average Bonchev–Trinajstić information content (AvgIpc) is 3.79. The lowest BCUT2D eigenvalue weighted by atomic mass is 10.0. The molecule has 5 heteroatoms. The van der Waals surface area contributed by atoms with Crippen molar-refractivity contribution in [3.05, 3.63) is 182 Å². The first-order valence-corrected chi connectivity index (χ1v) is 18.9. The second-order valence-corrected chi connectivity index (χ2v) is 14.4. The predicted octanol–water partition coefficient (Wildman–Crippen LogP) is 13.3. The van der Waals surface area contributed by atoms with Crippen LogP contribution in [0.2, 0.25) is 0 Å². The van der Waals surface area contributed by atoms with Crippen LogP contribution in [-0.2, 0) is 0 Å². The largest absolute Gasteiger partial charge is 0.456 e. The summed E-state index contributed by atoms with van der Waals surface area (Å²) < 4.78 is 8.93. The van der Waals surface area contributed by atoms with Crippen LogP contribution in [0.5, 0.6) is 0 Å². The molecule has 5 nitrogen and oxygen atoms in total. The molecule has 0 amide bonds. The minimum absolute atomic E-state index is 0.610. The monoisotopic (exact) mass is 714 g/mol. The van der Waals surface area contributed by atoms with Gasteiger partial charge in [0.15, 0.2) is 17.5 Å². The van der Waals surface area contributed by atoms with E-state index in [-0.39, 0.29) is 0 Å². The Bertz CT molecular complexity index is 3460. The number of hydrogen-bond donors (Lipinski definition) is 0. The van der Waals surface area contributed by atoms with Crippen molar-refractivity contribution in [2.24, 2.45) is 0 Å². The molecule has 0 spiro atoms. The summed E-state index contributed by atoms with van der Waals surface area (Å²) >= 11 is 0. The highest BCUT2D eigenvalue weighted by molar-refractivity contribution is 6.31. The van der Waals surface area contributed by atoms with E-state index >= 15 is 0 Å². The van der Waals surface area contributed by atoms with E-state index < -0.39 is 0 Å². The molecule has 0 aliphatic heterocycles. The van der Waals surface area contributed by atoms with Crippen LogP contribution >= 0.6 is 0 Å². The fraction of sp³-hybridized carbons (Fsp3) is 0. The molecule has 12 rings (SSSR count). The van der Waals surface area contributed by atoms with E-state index in [0.29, 0.717) is 17.5 Å². The van der Waals surface area contributed by atoms with Gasteiger partial charge in [-0.2, -0.15) is 0 Å². The van der Waals surface area contributed by atoms with Crippen LogP contribution in [0, 0.1) is 0 Å². The van der Waals surface area contributed by atoms with Gasteiger partial charge in [-0.05, 0) is 76.2 Å². The van der Waals surface area contributed by atoms with Crippen LogP contribution in [0.3, 0.4) is 0 Å². The number of aromatic nitrogens is 4. The Morgan fingerprint density at radius 2 is 0.857 bits per heavy atom. The van der Waals surface area contributed by atoms with Crippen molar-refractivity contribution in [2.75, 3.05) is 0 Å². The molecule has 0 saturated heterocycles. The molecule has 0 radical (unpaired) electrons. The maximum Gasteiger partial charge on any atom is 0.164 e. The number of hydrogen-bond acceptors (Lipinski definition) is 4. The number of para-hydroxylation sites is 1. The van der Waals surface area contributed by atoms with Gasteiger partial charge in [-0.15, -0.1) is 0 Å². The van der Waals surface area contributed by atoms with Gasteiger partial charge < -0.3 is 8.82 Å². The molecule has 0 aliphatic carbocycles. The summed E-state index contributed by atoms with van der Waals surface area (Å²) in [6.07, 6.45) is 0. The van der Waals surface area contributed by atoms with Crippen LogP contribution in [0.4, 0.5) is 0 Å². The van der Waals surface area contributed by atoms with E-state index in [1.807, 2.05) is 12.1 Å². The van der Waals surface area contributed by atoms with E-state index in [4.69, 9.17) is 19.4 Å². The second-order valence-electron chi connectivity index (χ2n) is 14.4. The Balaban J connectivity index is 1.11. The Labute approximate surface area is 321 Å². The van der Waals surface area contributed by atoms with E-state index in [1.54, 1.807) is 0 Å². The highest BCUT2D eigenvalue weighted by atomic mass is 16.3. The summed E-state index contributed by atoms with van der Waals surface area (Å²) in [6.45, 7) is 0. The van der Waals surface area contributed by atoms with Crippen molar-refractivity contribution in [1.82, 2.24) is 19.4 Å². The molecule has 0 aliphatic rings. The predicted molar refractivity (Wildman–Crippen MR) is 229 cm³/mol. The summed E-state index contributed by atoms with van der Waals surface area (Å²) in [6, 6.07) is 63.7. The van der Waals surface area contributed by atoms with Crippen LogP contribution in [-0.4, -0.2) is 19.4 Å². The van der Waals surface area contributed by atoms with Gasteiger partial charge in [0.2, 0.25) is 0 Å². The molecule has 260 valence electrons. The van der Waals surface area contributed by atoms with Crippen molar-refractivity contribution in [3.8, 4) is 56.4 Å². The van der Waals surface area contributed by atoms with Crippen molar-refractivity contribution in [3.63, 3.8) is 0 Å². The summed E-state index contributed by atoms with van der Waals surface area (Å²) in [4.78, 5) is 15.6. The van der Waals surface area contributed by atoms with E-state index in [0.717, 1.165) is 77.1 Å². The van der Waals surface area contributed by atoms with Gasteiger partial charge in [0.25, 0.3) is 0 Å². The third-order valence-corrected chi connectivity index (χ3v) is 11.2. The van der Waals surface area contributed by atoms with Gasteiger partial charge >= 0.3 is 0 Å². The van der Waals surface area contributed by atoms with Gasteiger partial charge in [0, 0.05) is 38.2 Å². The summed E-state index contributed by atoms with van der Waals surface area (Å²) in [5.41, 5.74) is 12.5. The third kappa shape index (κ3) is 4.64. The first-order valence-electron chi connectivity index (χ1n) is 18.9. The molecule has 0 unspecified atom stereocenters. The summed E-state index contributed by atoms with van der Waals surface area (Å²) in [7, 11) is 0. The minimum atomic E-state index is 0.610. The number of furan rings is 1. The maximum atomic E-state index is 6.52. The topological polar surface area (TPSA) is 56.2 Å². The first kappa shape index (κ1) is 30.8. The Morgan fingerprint density at radius 3 is 1.64 bits per heavy atom. The van der Waals surface area contributed by atoms with E-state index in [2.05, 4.69) is 174 Å². The van der Waals surface area contributed by atoms with E-state index in [9.17, 15) is 0 Å². The molecule has 0 N–H and O–H groups in total. The molecule has 8 aromatic carbocycles. The van der Waals surface area contributed by atoms with Gasteiger partial charge in [0.05, 0.1) is 21.9 Å². The molecular weight excluding hydrogens is 685 g/mol. The average molecular weight is 715 g/mol. The molecule has 0 atom stereocenters. The molecular formula is C51H30N4O. The number of fused-ring (bicyclic) bond motifs is 6. The lowest BCUT2D eigenvalue weighted by molar-refractivity contribution is 0.669. The molecule has 0 bridgehead atoms. The van der Waals surface area contributed by atoms with Crippen molar-refractivity contribution >= 4 is 60.0 Å². The fourth-order valence-electron chi connectivity index (χ4n) is 8.59. The van der Waals surface area contributed by atoms with Crippen molar-refractivity contribution in [2.45, 2.75) is 0 Å². The zero-order chi connectivity index (χ0) is 36.7. The first-order chi connectivity index (χ1) is 27.7. The molecule has 4 aromatic heterocycles. The van der Waals surface area contributed by atoms with E-state index in [1.165, 1.54) is 21.9 Å². The van der Waals surface area contributed by atoms with Gasteiger partial charge in [0.1, 0.15) is 11.2 Å². The standard InChI is InChI=1S/C51H30N4O/c1-3-11-31(12-4-1)33-21-23-34(24-22-33)49-52-50(36-16-9-15-35(29-36)32-13-5-2-6-14-32)54-51(53-49)37-25-27-43-41(30-37)39-18-10-20-44-46(39)47-45(56-44)28-26-40-38-17-7-8-19-42(38)55(43)48(40)47/h1-30H. The molecule has 12 aromatic rings. The zero-order valence-electron chi connectivity index (χ0n) is 30.0. The third-order valence-electron chi connectivity index (χ3n) is 11.2. The molecule has 0 fully saturated rings. The second kappa shape index (κ2) is 11.9. The van der Waals surface area contributed by atoms with Crippen molar-refractivity contribution in [1.29, 1.82) is 0 Å². The van der Waals surface area contributed by atoms with Crippen LogP contribution in [0.1, 0.15) is 0 Å². The Hall–Kier alpha value is -7.63. The smallest absolute Gasteiger partial charge is 0.164 e. The zero-order valence-corrected chi connectivity index (χ0v) is 30.0. The molecule has 56 heavy (non-hydrogen) atoms. The minimum Gasteiger partial charge on any atom is -0.456 e. The van der Waals surface area contributed by atoms with Gasteiger partial charge in [-0.1, -0.05) is 133 Å². The number of rotatable bonds is 5.